The van der Waals surface area contributed by atoms with Gasteiger partial charge in [-0.3, -0.25) is 9.78 Å². The van der Waals surface area contributed by atoms with Crippen LogP contribution in [0.25, 0.3) is 11.3 Å². The minimum Gasteiger partial charge on any atom is -0.321 e. The maximum absolute atomic E-state index is 13.3. The van der Waals surface area contributed by atoms with Crippen LogP contribution in [0.3, 0.4) is 0 Å². The lowest BCUT2D eigenvalue weighted by Crippen LogP contribution is -2.10. The molecule has 2 aromatic heterocycles. The van der Waals surface area contributed by atoms with Gasteiger partial charge in [0.2, 0.25) is 0 Å². The van der Waals surface area contributed by atoms with Crippen LogP contribution in [0.15, 0.2) is 41.4 Å². The molecule has 0 aliphatic heterocycles. The lowest BCUT2D eigenvalue weighted by atomic mass is 10.1. The molecule has 0 radical (unpaired) electrons. The zero-order chi connectivity index (χ0) is 19.6. The zero-order valence-electron chi connectivity index (χ0n) is 15.1. The van der Waals surface area contributed by atoms with Gasteiger partial charge in [0, 0.05) is 26.0 Å². The fraction of sp³-hybridized carbons (Fsp3) is 0.200. The first-order chi connectivity index (χ1) is 12.9. The smallest absolute Gasteiger partial charge is 0.265 e. The summed E-state index contributed by atoms with van der Waals surface area (Å²) in [6.07, 6.45) is 1.19. The predicted molar refractivity (Wildman–Crippen MR) is 113 cm³/mol. The molecule has 0 saturated carbocycles. The van der Waals surface area contributed by atoms with Crippen molar-refractivity contribution in [1.29, 1.82) is 0 Å². The first-order valence-electron chi connectivity index (χ1n) is 8.35. The molecule has 3 nitrogen and oxygen atoms in total. The maximum Gasteiger partial charge on any atom is 0.265 e. The second kappa shape index (κ2) is 8.42. The number of hydrogen-bond donors (Lipinski definition) is 1. The Balaban J connectivity index is 1.86. The topological polar surface area (TPSA) is 42.0 Å². The van der Waals surface area contributed by atoms with E-state index >= 15 is 0 Å². The van der Waals surface area contributed by atoms with Crippen LogP contribution in [0, 0.1) is 19.7 Å². The summed E-state index contributed by atoms with van der Waals surface area (Å²) in [5.41, 5.74) is 2.93. The lowest BCUT2D eigenvalue weighted by molar-refractivity contribution is 0.103. The number of nitrogens with one attached hydrogen (secondary N) is 1. The van der Waals surface area contributed by atoms with Crippen molar-refractivity contribution < 1.29 is 9.18 Å². The van der Waals surface area contributed by atoms with Crippen LogP contribution in [-0.4, -0.2) is 16.6 Å². The number of thioether (sulfide) groups is 1. The highest BCUT2D eigenvalue weighted by molar-refractivity contribution is 7.99. The van der Waals surface area contributed by atoms with E-state index in [2.05, 4.69) is 17.2 Å². The third-order valence-electron chi connectivity index (χ3n) is 3.88. The summed E-state index contributed by atoms with van der Waals surface area (Å²) in [4.78, 5) is 19.4. The molecule has 0 spiro atoms. The van der Waals surface area contributed by atoms with Crippen LogP contribution >= 0.6 is 34.7 Å². The van der Waals surface area contributed by atoms with E-state index in [1.54, 1.807) is 30.8 Å². The largest absolute Gasteiger partial charge is 0.321 e. The molecular weight excluding hydrogens is 403 g/mol. The summed E-state index contributed by atoms with van der Waals surface area (Å²) < 4.78 is 13.3. The third kappa shape index (κ3) is 4.69. The van der Waals surface area contributed by atoms with Crippen molar-refractivity contribution in [3.8, 4) is 11.3 Å². The van der Waals surface area contributed by atoms with Crippen LogP contribution < -0.4 is 5.32 Å². The minimum atomic E-state index is -0.371. The van der Waals surface area contributed by atoms with E-state index in [9.17, 15) is 9.18 Å². The van der Waals surface area contributed by atoms with Gasteiger partial charge >= 0.3 is 0 Å². The molecule has 3 aromatic rings. The van der Waals surface area contributed by atoms with Gasteiger partial charge in [0.05, 0.1) is 16.8 Å². The molecule has 1 aromatic carbocycles. The first kappa shape index (κ1) is 19.9. The molecule has 27 heavy (non-hydrogen) atoms. The number of pyridine rings is 1. The molecule has 0 bridgehead atoms. The molecule has 7 heteroatoms. The number of anilines is 1. The van der Waals surface area contributed by atoms with E-state index in [1.807, 2.05) is 19.1 Å². The maximum atomic E-state index is 13.3. The van der Waals surface area contributed by atoms with E-state index < -0.39 is 0 Å². The van der Waals surface area contributed by atoms with Crippen molar-refractivity contribution in [1.82, 2.24) is 4.98 Å². The summed E-state index contributed by atoms with van der Waals surface area (Å²) >= 11 is 9.20. The highest BCUT2D eigenvalue weighted by atomic mass is 35.5. The van der Waals surface area contributed by atoms with Crippen LogP contribution in [0.4, 0.5) is 10.1 Å². The molecule has 3 rings (SSSR count). The summed E-state index contributed by atoms with van der Waals surface area (Å²) in [5, 5.41) is 3.49. The normalized spacial score (nSPS) is 10.9. The Morgan fingerprint density at radius 2 is 2.04 bits per heavy atom. The number of hydrogen-bond acceptors (Lipinski definition) is 4. The fourth-order valence-corrected chi connectivity index (χ4v) is 4.70. The SMILES string of the molecule is CCSc1cc(Cl)cc(NC(=O)c2cc(-c3ncc(F)cc3C)c(C)s2)c1. The Labute approximate surface area is 171 Å². The van der Waals surface area contributed by atoms with Crippen molar-refractivity contribution >= 4 is 46.3 Å². The fourth-order valence-electron chi connectivity index (χ4n) is 2.73. The Morgan fingerprint density at radius 3 is 2.74 bits per heavy atom. The number of amides is 1. The average molecular weight is 421 g/mol. The van der Waals surface area contributed by atoms with E-state index in [1.165, 1.54) is 23.6 Å². The molecule has 2 heterocycles. The van der Waals surface area contributed by atoms with E-state index in [0.717, 1.165) is 26.7 Å². The summed E-state index contributed by atoms with van der Waals surface area (Å²) in [6, 6.07) is 8.76. The summed E-state index contributed by atoms with van der Waals surface area (Å²) in [5.74, 6) is 0.346. The number of thiophene rings is 1. The molecule has 0 unspecified atom stereocenters. The summed E-state index contributed by atoms with van der Waals surface area (Å²) in [6.45, 7) is 5.79. The minimum absolute atomic E-state index is 0.205. The van der Waals surface area contributed by atoms with Gasteiger partial charge in [-0.2, -0.15) is 0 Å². The number of nitrogens with zero attached hydrogens (tertiary/aromatic N) is 1. The Kier molecular flexibility index (Phi) is 6.19. The Morgan fingerprint density at radius 1 is 1.26 bits per heavy atom. The average Bonchev–Trinajstić information content (AvgIpc) is 2.96. The number of benzene rings is 1. The van der Waals surface area contributed by atoms with Crippen molar-refractivity contribution in [2.75, 3.05) is 11.1 Å². The highest BCUT2D eigenvalue weighted by Gasteiger charge is 2.16. The molecule has 0 saturated heterocycles. The number of aryl methyl sites for hydroxylation is 2. The molecule has 0 aliphatic carbocycles. The molecule has 1 amide bonds. The van der Waals surface area contributed by atoms with Gasteiger partial charge < -0.3 is 5.32 Å². The second-order valence-corrected chi connectivity index (χ2v) is 8.99. The van der Waals surface area contributed by atoms with Crippen molar-refractivity contribution in [3.05, 3.63) is 62.7 Å². The predicted octanol–water partition coefficient (Wildman–Crippen LogP) is 6.58. The van der Waals surface area contributed by atoms with Crippen molar-refractivity contribution in [3.63, 3.8) is 0 Å². The number of rotatable bonds is 5. The zero-order valence-corrected chi connectivity index (χ0v) is 17.5. The first-order valence-corrected chi connectivity index (χ1v) is 10.5. The second-order valence-electron chi connectivity index (χ2n) is 5.96. The number of carbonyl (C=O) groups excluding carboxylic acids is 1. The number of aromatic nitrogens is 1. The van der Waals surface area contributed by atoms with E-state index in [4.69, 9.17) is 11.6 Å². The quantitative estimate of drug-likeness (QED) is 0.474. The van der Waals surface area contributed by atoms with Crippen LogP contribution in [0.5, 0.6) is 0 Å². The molecule has 1 N–H and O–H groups in total. The van der Waals surface area contributed by atoms with Crippen LogP contribution in [0.2, 0.25) is 5.02 Å². The van der Waals surface area contributed by atoms with Crippen LogP contribution in [-0.2, 0) is 0 Å². The standard InChI is InChI=1S/C20H18ClFN2OS2/c1-4-26-16-7-13(21)6-15(8-16)24-20(25)18-9-17(12(3)27-18)19-11(2)5-14(22)10-23-19/h5-10H,4H2,1-3H3,(H,24,25). The molecule has 0 fully saturated rings. The third-order valence-corrected chi connectivity index (χ3v) is 6.01. The van der Waals surface area contributed by atoms with Crippen LogP contribution in [0.1, 0.15) is 27.0 Å². The molecule has 0 atom stereocenters. The molecule has 0 aliphatic rings. The number of halogens is 2. The molecule has 140 valence electrons. The van der Waals surface area contributed by atoms with E-state index in [-0.39, 0.29) is 11.7 Å². The van der Waals surface area contributed by atoms with Gasteiger partial charge in [-0.25, -0.2) is 4.39 Å². The Bertz CT molecular complexity index is 1000. The monoisotopic (exact) mass is 420 g/mol. The van der Waals surface area contributed by atoms with Gasteiger partial charge in [0.1, 0.15) is 5.82 Å². The van der Waals surface area contributed by atoms with Gasteiger partial charge in [0.15, 0.2) is 0 Å². The highest BCUT2D eigenvalue weighted by Crippen LogP contribution is 2.33. The summed E-state index contributed by atoms with van der Waals surface area (Å²) in [7, 11) is 0. The van der Waals surface area contributed by atoms with Gasteiger partial charge in [0.25, 0.3) is 5.91 Å². The van der Waals surface area contributed by atoms with E-state index in [0.29, 0.717) is 21.3 Å². The van der Waals surface area contributed by atoms with Gasteiger partial charge in [-0.15, -0.1) is 23.1 Å². The molecular formula is C20H18ClFN2OS2. The van der Waals surface area contributed by atoms with Gasteiger partial charge in [-0.05, 0) is 55.5 Å². The Hall–Kier alpha value is -1.89. The van der Waals surface area contributed by atoms with Crippen molar-refractivity contribution in [2.45, 2.75) is 25.7 Å². The van der Waals surface area contributed by atoms with Crippen molar-refractivity contribution in [2.24, 2.45) is 0 Å². The number of carbonyl (C=O) groups is 1. The lowest BCUT2D eigenvalue weighted by Gasteiger charge is -2.07. The van der Waals surface area contributed by atoms with Gasteiger partial charge in [-0.1, -0.05) is 18.5 Å².